The molecule has 0 radical (unpaired) electrons. The van der Waals surface area contributed by atoms with Crippen LogP contribution in [0.3, 0.4) is 0 Å². The lowest BCUT2D eigenvalue weighted by Gasteiger charge is -2.22. The number of para-hydroxylation sites is 2. The molecular formula is C15H12N2O2. The van der Waals surface area contributed by atoms with Crippen LogP contribution in [0.4, 0.5) is 16.2 Å². The van der Waals surface area contributed by atoms with Crippen molar-refractivity contribution in [3.05, 3.63) is 59.6 Å². The molecule has 0 saturated carbocycles. The molecule has 0 aliphatic carbocycles. The Bertz CT molecular complexity index is 867. The van der Waals surface area contributed by atoms with Crippen LogP contribution in [0.5, 0.6) is 0 Å². The summed E-state index contributed by atoms with van der Waals surface area (Å²) in [5, 5.41) is 0. The highest BCUT2D eigenvalue weighted by Crippen LogP contribution is 2.35. The molecule has 2 aromatic carbocycles. The van der Waals surface area contributed by atoms with Crippen LogP contribution in [-0.4, -0.2) is 11.8 Å². The number of carbonyl (C=O) groups is 2. The van der Waals surface area contributed by atoms with E-state index in [1.807, 2.05) is 0 Å². The molecule has 1 aliphatic heterocycles. The number of nitrogens with zero attached hydrogens (tertiary/aromatic N) is 1. The van der Waals surface area contributed by atoms with Crippen LogP contribution in [0.2, 0.25) is 0 Å². The first kappa shape index (κ1) is 7.74. The van der Waals surface area contributed by atoms with Gasteiger partial charge in [0.25, 0.3) is 0 Å². The van der Waals surface area contributed by atoms with E-state index in [0.717, 1.165) is 4.90 Å². The fourth-order valence-corrected chi connectivity index (χ4v) is 2.16. The standard InChI is InChI=1S/C15H12N2O2/c16-15(19)17-12-7-3-1-5-10(12)9-14(18)11-6-2-4-8-13(11)17/h1-8H,9H2,(H2,16,19)/i1D,3D,5D,7D. The van der Waals surface area contributed by atoms with E-state index in [4.69, 9.17) is 11.2 Å². The van der Waals surface area contributed by atoms with E-state index in [1.165, 1.54) is 12.1 Å². The Balaban J connectivity index is 2.45. The first-order chi connectivity index (χ1) is 10.8. The first-order valence-electron chi connectivity index (χ1n) is 7.65. The second-order valence-corrected chi connectivity index (χ2v) is 4.12. The minimum absolute atomic E-state index is 0.0657. The molecule has 19 heavy (non-hydrogen) atoms. The second kappa shape index (κ2) is 4.24. The first-order valence-corrected chi connectivity index (χ1v) is 5.65. The fraction of sp³-hybridized carbons (Fsp3) is 0.0667. The SMILES string of the molecule is [2H]c1c([2H])c([2H])c2c(c1[2H])CC(=O)c1ccccc1N2C(N)=O. The molecule has 0 bridgehead atoms. The third-order valence-electron chi connectivity index (χ3n) is 2.97. The van der Waals surface area contributed by atoms with E-state index in [9.17, 15) is 9.59 Å². The number of Topliss-reactive ketones (excluding diaryl/α,β-unsaturated/α-hetero) is 1. The molecular weight excluding hydrogens is 240 g/mol. The van der Waals surface area contributed by atoms with Crippen LogP contribution >= 0.6 is 0 Å². The molecule has 0 atom stereocenters. The van der Waals surface area contributed by atoms with Crippen LogP contribution in [0, 0.1) is 0 Å². The molecule has 2 aromatic rings. The van der Waals surface area contributed by atoms with Gasteiger partial charge in [-0.15, -0.1) is 0 Å². The van der Waals surface area contributed by atoms with Crippen molar-refractivity contribution in [1.82, 2.24) is 0 Å². The smallest absolute Gasteiger partial charge is 0.323 e. The summed E-state index contributed by atoms with van der Waals surface area (Å²) in [6, 6.07) is 3.74. The van der Waals surface area contributed by atoms with Gasteiger partial charge in [0.1, 0.15) is 0 Å². The van der Waals surface area contributed by atoms with Crippen LogP contribution in [0.15, 0.2) is 48.4 Å². The highest BCUT2D eigenvalue weighted by atomic mass is 16.2. The molecule has 3 rings (SSSR count). The molecule has 2 amide bonds. The predicted octanol–water partition coefficient (Wildman–Crippen LogP) is 2.64. The van der Waals surface area contributed by atoms with Crippen LogP contribution in [0.25, 0.3) is 0 Å². The highest BCUT2D eigenvalue weighted by molar-refractivity contribution is 6.11. The van der Waals surface area contributed by atoms with E-state index in [1.54, 1.807) is 12.1 Å². The molecule has 0 saturated heterocycles. The maximum Gasteiger partial charge on any atom is 0.323 e. The number of urea groups is 1. The van der Waals surface area contributed by atoms with Crippen molar-refractivity contribution in [1.29, 1.82) is 0 Å². The van der Waals surface area contributed by atoms with Gasteiger partial charge >= 0.3 is 6.03 Å². The summed E-state index contributed by atoms with van der Waals surface area (Å²) >= 11 is 0. The second-order valence-electron chi connectivity index (χ2n) is 4.12. The summed E-state index contributed by atoms with van der Waals surface area (Å²) in [6.07, 6.45) is -0.229. The number of ketones is 1. The number of anilines is 2. The van der Waals surface area contributed by atoms with Crippen LogP contribution in [-0.2, 0) is 6.42 Å². The number of fused-ring (bicyclic) bond motifs is 2. The van der Waals surface area contributed by atoms with E-state index in [-0.39, 0.29) is 40.7 Å². The van der Waals surface area contributed by atoms with E-state index in [2.05, 4.69) is 0 Å². The van der Waals surface area contributed by atoms with Gasteiger partial charge in [-0.1, -0.05) is 30.3 Å². The number of primary amides is 1. The highest BCUT2D eigenvalue weighted by Gasteiger charge is 2.27. The fourth-order valence-electron chi connectivity index (χ4n) is 2.16. The van der Waals surface area contributed by atoms with Crippen molar-refractivity contribution in [2.75, 3.05) is 4.90 Å². The minimum atomic E-state index is -0.918. The van der Waals surface area contributed by atoms with Crippen molar-refractivity contribution >= 4 is 23.2 Å². The van der Waals surface area contributed by atoms with Crippen molar-refractivity contribution in [2.24, 2.45) is 5.73 Å². The maximum atomic E-state index is 12.5. The largest absolute Gasteiger partial charge is 0.351 e. The van der Waals surface area contributed by atoms with Gasteiger partial charge in [0, 0.05) is 12.0 Å². The number of amides is 2. The zero-order valence-electron chi connectivity index (χ0n) is 13.9. The quantitative estimate of drug-likeness (QED) is 0.787. The number of nitrogens with two attached hydrogens (primary N) is 1. The van der Waals surface area contributed by atoms with E-state index >= 15 is 0 Å². The lowest BCUT2D eigenvalue weighted by atomic mass is 10.0. The average Bonchev–Trinajstić information content (AvgIpc) is 2.66. The van der Waals surface area contributed by atoms with Gasteiger partial charge in [0.15, 0.2) is 5.78 Å². The summed E-state index contributed by atoms with van der Waals surface area (Å²) in [6.45, 7) is 0. The lowest BCUT2D eigenvalue weighted by molar-refractivity contribution is 0.0994. The minimum Gasteiger partial charge on any atom is -0.351 e. The molecule has 0 aromatic heterocycles. The summed E-state index contributed by atoms with van der Waals surface area (Å²) < 4.78 is 31.7. The van der Waals surface area contributed by atoms with Gasteiger partial charge in [0.05, 0.1) is 16.9 Å². The van der Waals surface area contributed by atoms with Crippen LogP contribution < -0.4 is 10.6 Å². The normalized spacial score (nSPS) is 16.4. The predicted molar refractivity (Wildman–Crippen MR) is 72.6 cm³/mol. The Labute approximate surface area is 116 Å². The van der Waals surface area contributed by atoms with Crippen molar-refractivity contribution in [3.8, 4) is 0 Å². The van der Waals surface area contributed by atoms with Gasteiger partial charge in [-0.25, -0.2) is 4.79 Å². The number of benzene rings is 2. The van der Waals surface area contributed by atoms with Crippen molar-refractivity contribution < 1.29 is 15.1 Å². The molecule has 0 unspecified atom stereocenters. The zero-order chi connectivity index (χ0) is 16.9. The summed E-state index contributed by atoms with van der Waals surface area (Å²) in [7, 11) is 0. The summed E-state index contributed by atoms with van der Waals surface area (Å²) in [4.78, 5) is 25.4. The van der Waals surface area contributed by atoms with Gasteiger partial charge in [-0.05, 0) is 23.7 Å². The molecule has 4 heteroatoms. The molecule has 0 spiro atoms. The number of hydrogen-bond acceptors (Lipinski definition) is 2. The van der Waals surface area contributed by atoms with Gasteiger partial charge in [-0.2, -0.15) is 0 Å². The average molecular weight is 256 g/mol. The molecule has 4 nitrogen and oxygen atoms in total. The van der Waals surface area contributed by atoms with E-state index in [0.29, 0.717) is 0 Å². The Morgan fingerprint density at radius 1 is 1.21 bits per heavy atom. The van der Waals surface area contributed by atoms with Crippen LogP contribution in [0.1, 0.15) is 21.4 Å². The van der Waals surface area contributed by atoms with E-state index < -0.39 is 24.2 Å². The Morgan fingerprint density at radius 3 is 2.74 bits per heavy atom. The number of hydrogen-bond donors (Lipinski definition) is 1. The van der Waals surface area contributed by atoms with Gasteiger partial charge < -0.3 is 5.73 Å². The third kappa shape index (κ3) is 1.78. The number of rotatable bonds is 0. The Morgan fingerprint density at radius 2 is 1.95 bits per heavy atom. The Kier molecular flexibility index (Phi) is 1.73. The Hall–Kier alpha value is -2.62. The summed E-state index contributed by atoms with van der Waals surface area (Å²) in [5.41, 5.74) is 5.91. The van der Waals surface area contributed by atoms with Crippen molar-refractivity contribution in [2.45, 2.75) is 6.42 Å². The molecule has 2 N–H and O–H groups in total. The monoisotopic (exact) mass is 256 g/mol. The molecule has 1 aliphatic rings. The maximum absolute atomic E-state index is 12.5. The molecule has 0 fully saturated rings. The summed E-state index contributed by atoms with van der Waals surface area (Å²) in [5.74, 6) is -0.337. The zero-order valence-corrected chi connectivity index (χ0v) is 9.86. The number of carbonyl (C=O) groups excluding carboxylic acids is 2. The van der Waals surface area contributed by atoms with Gasteiger partial charge in [0.2, 0.25) is 0 Å². The topological polar surface area (TPSA) is 63.4 Å². The van der Waals surface area contributed by atoms with Crippen molar-refractivity contribution in [3.63, 3.8) is 0 Å². The lowest BCUT2D eigenvalue weighted by Crippen LogP contribution is -2.32. The molecule has 1 heterocycles. The molecule has 94 valence electrons. The third-order valence-corrected chi connectivity index (χ3v) is 2.97. The van der Waals surface area contributed by atoms with Gasteiger partial charge in [-0.3, -0.25) is 9.69 Å².